The van der Waals surface area contributed by atoms with E-state index in [2.05, 4.69) is 39.6 Å². The van der Waals surface area contributed by atoms with E-state index in [-0.39, 0.29) is 18.3 Å². The maximum absolute atomic E-state index is 13.9. The number of amides is 1. The van der Waals surface area contributed by atoms with E-state index < -0.39 is 0 Å². The van der Waals surface area contributed by atoms with Crippen molar-refractivity contribution in [3.05, 3.63) is 92.1 Å². The van der Waals surface area contributed by atoms with Gasteiger partial charge in [-0.2, -0.15) is 0 Å². The molecule has 9 heteroatoms. The van der Waals surface area contributed by atoms with Crippen molar-refractivity contribution in [1.82, 2.24) is 4.90 Å². The first-order valence-corrected chi connectivity index (χ1v) is 13.7. The van der Waals surface area contributed by atoms with E-state index in [1.54, 1.807) is 30.1 Å². The molecule has 0 aromatic heterocycles. The zero-order valence-electron chi connectivity index (χ0n) is 20.2. The maximum Gasteiger partial charge on any atom is 0.266 e. The lowest BCUT2D eigenvalue weighted by atomic mass is 10.2. The summed E-state index contributed by atoms with van der Waals surface area (Å²) in [5.74, 6) is 0.283. The number of rotatable bonds is 6. The number of hydrogen-bond donors (Lipinski definition) is 0. The summed E-state index contributed by atoms with van der Waals surface area (Å²) in [6.07, 6.45) is 1.86. The molecule has 2 saturated heterocycles. The van der Waals surface area contributed by atoms with Crippen LogP contribution in [-0.4, -0.2) is 49.3 Å². The molecule has 2 aliphatic rings. The van der Waals surface area contributed by atoms with Gasteiger partial charge in [0.15, 0.2) is 5.17 Å². The zero-order valence-corrected chi connectivity index (χ0v) is 23.2. The molecule has 5 rings (SSSR count). The Hall–Kier alpha value is -2.89. The lowest BCUT2D eigenvalue weighted by Crippen LogP contribution is -2.36. The summed E-state index contributed by atoms with van der Waals surface area (Å²) in [6, 6.07) is 20.3. The van der Waals surface area contributed by atoms with Gasteiger partial charge in [0.25, 0.3) is 5.91 Å². The molecular weight excluding hydrogens is 604 g/mol. The number of hydrogen-bond acceptors (Lipinski definition) is 6. The molecule has 0 bridgehead atoms. The Labute approximate surface area is 233 Å². The molecule has 0 N–H and O–H groups in total. The highest BCUT2D eigenvalue weighted by Gasteiger charge is 2.30. The van der Waals surface area contributed by atoms with Gasteiger partial charge in [-0.05, 0) is 88.5 Å². The van der Waals surface area contributed by atoms with Gasteiger partial charge in [0.1, 0.15) is 18.2 Å². The van der Waals surface area contributed by atoms with Crippen molar-refractivity contribution >= 4 is 62.9 Å². The molecule has 0 saturated carbocycles. The SMILES string of the molecule is CN1C(=O)/C(=C/c2ccc(OCc3ccccc3F)c(I)c2)SC1=Nc1ccc(N2CCOCC2)cc1. The third kappa shape index (κ3) is 6.16. The van der Waals surface area contributed by atoms with Crippen LogP contribution in [-0.2, 0) is 16.1 Å². The summed E-state index contributed by atoms with van der Waals surface area (Å²) in [6.45, 7) is 3.39. The molecule has 2 aliphatic heterocycles. The van der Waals surface area contributed by atoms with Gasteiger partial charge >= 0.3 is 0 Å². The molecule has 0 aliphatic carbocycles. The van der Waals surface area contributed by atoms with Gasteiger partial charge in [0.05, 0.1) is 27.4 Å². The predicted molar refractivity (Wildman–Crippen MR) is 155 cm³/mol. The topological polar surface area (TPSA) is 54.4 Å². The van der Waals surface area contributed by atoms with Crippen LogP contribution >= 0.6 is 34.4 Å². The van der Waals surface area contributed by atoms with Gasteiger partial charge in [-0.1, -0.05) is 24.3 Å². The fraction of sp³-hybridized carbons (Fsp3) is 0.214. The number of benzene rings is 3. The van der Waals surface area contributed by atoms with E-state index in [1.807, 2.05) is 36.4 Å². The summed E-state index contributed by atoms with van der Waals surface area (Å²) >= 11 is 3.54. The Morgan fingerprint density at radius 1 is 1.11 bits per heavy atom. The molecule has 2 heterocycles. The van der Waals surface area contributed by atoms with Crippen LogP contribution in [0.4, 0.5) is 15.8 Å². The number of nitrogens with zero attached hydrogens (tertiary/aromatic N) is 3. The average molecular weight is 629 g/mol. The van der Waals surface area contributed by atoms with Gasteiger partial charge < -0.3 is 14.4 Å². The van der Waals surface area contributed by atoms with Gasteiger partial charge in [0, 0.05) is 31.4 Å². The number of anilines is 1. The third-order valence-corrected chi connectivity index (χ3v) is 7.95. The zero-order chi connectivity index (χ0) is 25.8. The van der Waals surface area contributed by atoms with Crippen LogP contribution < -0.4 is 9.64 Å². The standard InChI is InChI=1S/C28H25FIN3O3S/c1-32-27(34)26(37-28(32)31-21-7-9-22(10-8-21)33-12-14-35-15-13-33)17-19-6-11-25(24(30)16-19)36-18-20-4-2-3-5-23(20)29/h2-11,16-17H,12-15,18H2,1H3/b26-17-,31-28?. The van der Waals surface area contributed by atoms with Crippen LogP contribution in [0.1, 0.15) is 11.1 Å². The van der Waals surface area contributed by atoms with E-state index >= 15 is 0 Å². The van der Waals surface area contributed by atoms with Crippen LogP contribution in [0, 0.1) is 9.39 Å². The van der Waals surface area contributed by atoms with E-state index in [9.17, 15) is 9.18 Å². The Balaban J connectivity index is 1.27. The van der Waals surface area contributed by atoms with Crippen molar-refractivity contribution in [2.75, 3.05) is 38.3 Å². The highest BCUT2D eigenvalue weighted by Crippen LogP contribution is 2.34. The number of thioether (sulfide) groups is 1. The van der Waals surface area contributed by atoms with Crippen molar-refractivity contribution < 1.29 is 18.7 Å². The molecule has 3 aromatic carbocycles. The number of ether oxygens (including phenoxy) is 2. The monoisotopic (exact) mass is 629 g/mol. The largest absolute Gasteiger partial charge is 0.488 e. The molecule has 6 nitrogen and oxygen atoms in total. The number of halogens is 2. The highest BCUT2D eigenvalue weighted by atomic mass is 127. The Bertz CT molecular complexity index is 1360. The van der Waals surface area contributed by atoms with Crippen molar-refractivity contribution in [3.8, 4) is 5.75 Å². The second kappa shape index (κ2) is 11.7. The smallest absolute Gasteiger partial charge is 0.266 e. The average Bonchev–Trinajstić information content (AvgIpc) is 3.17. The molecular formula is C28H25FIN3O3S. The lowest BCUT2D eigenvalue weighted by Gasteiger charge is -2.28. The van der Waals surface area contributed by atoms with Crippen LogP contribution in [0.5, 0.6) is 5.75 Å². The first kappa shape index (κ1) is 25.7. The van der Waals surface area contributed by atoms with Crippen LogP contribution in [0.15, 0.2) is 76.6 Å². The minimum absolute atomic E-state index is 0.0939. The van der Waals surface area contributed by atoms with Crippen molar-refractivity contribution in [2.24, 2.45) is 4.99 Å². The number of aliphatic imine (C=N–C) groups is 1. The molecule has 0 atom stereocenters. The molecule has 190 valence electrons. The molecule has 2 fully saturated rings. The molecule has 3 aromatic rings. The summed E-state index contributed by atoms with van der Waals surface area (Å²) in [7, 11) is 1.74. The number of amidine groups is 1. The predicted octanol–water partition coefficient (Wildman–Crippen LogP) is 6.08. The normalized spacial score (nSPS) is 18.2. The number of carbonyl (C=O) groups is 1. The Kier molecular flexibility index (Phi) is 8.11. The molecule has 0 spiro atoms. The van der Waals surface area contributed by atoms with E-state index in [0.717, 1.165) is 46.8 Å². The Morgan fingerprint density at radius 2 is 1.86 bits per heavy atom. The van der Waals surface area contributed by atoms with Gasteiger partial charge in [-0.3, -0.25) is 9.69 Å². The molecule has 0 unspecified atom stereocenters. The summed E-state index contributed by atoms with van der Waals surface area (Å²) in [5.41, 5.74) is 3.32. The summed E-state index contributed by atoms with van der Waals surface area (Å²) < 4.78 is 26.0. The quantitative estimate of drug-likeness (QED) is 0.245. The number of carbonyl (C=O) groups excluding carboxylic acids is 1. The molecule has 0 radical (unpaired) electrons. The second-order valence-electron chi connectivity index (χ2n) is 8.55. The number of likely N-dealkylation sites (N-methyl/N-ethyl adjacent to an activating group) is 1. The lowest BCUT2D eigenvalue weighted by molar-refractivity contribution is -0.121. The second-order valence-corrected chi connectivity index (χ2v) is 10.7. The highest BCUT2D eigenvalue weighted by molar-refractivity contribution is 14.1. The van der Waals surface area contributed by atoms with Gasteiger partial charge in [-0.15, -0.1) is 0 Å². The van der Waals surface area contributed by atoms with Crippen molar-refractivity contribution in [3.63, 3.8) is 0 Å². The summed E-state index contributed by atoms with van der Waals surface area (Å²) in [4.78, 5) is 22.1. The number of morpholine rings is 1. The summed E-state index contributed by atoms with van der Waals surface area (Å²) in [5, 5.41) is 0.634. The molecule has 37 heavy (non-hydrogen) atoms. The van der Waals surface area contributed by atoms with Crippen LogP contribution in [0.25, 0.3) is 6.08 Å². The van der Waals surface area contributed by atoms with Crippen LogP contribution in [0.2, 0.25) is 0 Å². The fourth-order valence-electron chi connectivity index (χ4n) is 3.97. The van der Waals surface area contributed by atoms with Crippen molar-refractivity contribution in [2.45, 2.75) is 6.61 Å². The van der Waals surface area contributed by atoms with Crippen molar-refractivity contribution in [1.29, 1.82) is 0 Å². The first-order valence-electron chi connectivity index (χ1n) is 11.8. The third-order valence-electron chi connectivity index (χ3n) is 6.05. The first-order chi connectivity index (χ1) is 18.0. The molecule has 1 amide bonds. The van der Waals surface area contributed by atoms with E-state index in [4.69, 9.17) is 14.5 Å². The maximum atomic E-state index is 13.9. The minimum atomic E-state index is -0.287. The van der Waals surface area contributed by atoms with Crippen LogP contribution in [0.3, 0.4) is 0 Å². The van der Waals surface area contributed by atoms with Gasteiger partial charge in [-0.25, -0.2) is 9.38 Å². The fourth-order valence-corrected chi connectivity index (χ4v) is 5.65. The Morgan fingerprint density at radius 3 is 2.59 bits per heavy atom. The minimum Gasteiger partial charge on any atom is -0.488 e. The van der Waals surface area contributed by atoms with E-state index in [1.165, 1.54) is 17.8 Å². The van der Waals surface area contributed by atoms with E-state index in [0.29, 0.717) is 21.4 Å². The van der Waals surface area contributed by atoms with Gasteiger partial charge in [0.2, 0.25) is 0 Å².